The maximum Gasteiger partial charge on any atom is 0.258 e. The van der Waals surface area contributed by atoms with E-state index in [0.717, 1.165) is 58.5 Å². The van der Waals surface area contributed by atoms with Gasteiger partial charge in [-0.25, -0.2) is 0 Å². The first-order valence-corrected chi connectivity index (χ1v) is 24.8. The Labute approximate surface area is 418 Å². The molecule has 2 aliphatic rings. The smallest absolute Gasteiger partial charge is 0.258 e. The van der Waals surface area contributed by atoms with Gasteiger partial charge in [0.05, 0.1) is 84.2 Å². The van der Waals surface area contributed by atoms with Gasteiger partial charge < -0.3 is 54.2 Å². The van der Waals surface area contributed by atoms with Crippen molar-refractivity contribution in [2.75, 3.05) is 103 Å². The number of ether oxygens (including phenoxy) is 6. The zero-order valence-electron chi connectivity index (χ0n) is 41.7. The van der Waals surface area contributed by atoms with Gasteiger partial charge in [-0.1, -0.05) is 55.3 Å². The highest BCUT2D eigenvalue weighted by Gasteiger charge is 2.33. The van der Waals surface area contributed by atoms with Gasteiger partial charge in [-0.05, 0) is 109 Å². The summed E-state index contributed by atoms with van der Waals surface area (Å²) in [5, 5.41) is 18.4. The van der Waals surface area contributed by atoms with Crippen LogP contribution in [0.3, 0.4) is 0 Å². The molecule has 0 bridgehead atoms. The number of nitriles is 1. The van der Waals surface area contributed by atoms with Crippen LogP contribution in [0.15, 0.2) is 84.9 Å². The Kier molecular flexibility index (Phi) is 21.7. The minimum atomic E-state index is -0.251. The highest BCUT2D eigenvalue weighted by molar-refractivity contribution is 5.95. The van der Waals surface area contributed by atoms with Crippen LogP contribution in [0.1, 0.15) is 91.1 Å². The second-order valence-corrected chi connectivity index (χ2v) is 17.7. The number of aryl methyl sites for hydroxylation is 1. The van der Waals surface area contributed by atoms with E-state index in [4.69, 9.17) is 33.7 Å². The van der Waals surface area contributed by atoms with Crippen molar-refractivity contribution in [1.82, 2.24) is 15.5 Å². The van der Waals surface area contributed by atoms with E-state index in [1.807, 2.05) is 70.5 Å². The highest BCUT2D eigenvalue weighted by atomic mass is 16.6. The maximum absolute atomic E-state index is 12.9. The Hall–Kier alpha value is -6.35. The second-order valence-electron chi connectivity index (χ2n) is 17.7. The molecule has 0 fully saturated rings. The van der Waals surface area contributed by atoms with Crippen LogP contribution in [0.5, 0.6) is 5.75 Å². The molecule has 6 rings (SSSR count). The zero-order chi connectivity index (χ0) is 50.4. The number of anilines is 2. The van der Waals surface area contributed by atoms with Crippen LogP contribution in [0.2, 0.25) is 0 Å². The van der Waals surface area contributed by atoms with Crippen molar-refractivity contribution in [2.45, 2.75) is 77.9 Å². The van der Waals surface area contributed by atoms with Crippen LogP contribution < -0.4 is 25.6 Å². The number of benzene rings is 4. The molecular weight excluding hydrogens is 905 g/mol. The fourth-order valence-electron chi connectivity index (χ4n) is 8.94. The van der Waals surface area contributed by atoms with E-state index >= 15 is 0 Å². The number of hydrogen-bond donors (Lipinski definition) is 3. The van der Waals surface area contributed by atoms with Crippen molar-refractivity contribution in [1.29, 1.82) is 5.26 Å². The van der Waals surface area contributed by atoms with Crippen LogP contribution in [0.4, 0.5) is 11.4 Å². The van der Waals surface area contributed by atoms with Gasteiger partial charge >= 0.3 is 0 Å². The Bertz CT molecular complexity index is 2390. The zero-order valence-corrected chi connectivity index (χ0v) is 41.7. The number of nitrogens with one attached hydrogen (secondary N) is 3. The molecule has 0 aliphatic carbocycles. The van der Waals surface area contributed by atoms with Crippen molar-refractivity contribution in [2.24, 2.45) is 0 Å². The molecule has 4 aromatic carbocycles. The molecular formula is C55H70N6O10. The summed E-state index contributed by atoms with van der Waals surface area (Å²) in [6.07, 6.45) is 3.05. The lowest BCUT2D eigenvalue weighted by atomic mass is 9.88. The van der Waals surface area contributed by atoms with Crippen molar-refractivity contribution >= 4 is 35.0 Å². The molecule has 2 aliphatic heterocycles. The highest BCUT2D eigenvalue weighted by Crippen LogP contribution is 2.41. The van der Waals surface area contributed by atoms with Crippen molar-refractivity contribution < 1.29 is 47.6 Å². The lowest BCUT2D eigenvalue weighted by Crippen LogP contribution is -2.43. The maximum atomic E-state index is 12.9. The number of hydrogen-bond acceptors (Lipinski definition) is 12. The van der Waals surface area contributed by atoms with Gasteiger partial charge in [0.15, 0.2) is 6.61 Å². The molecule has 3 N–H and O–H groups in total. The number of nitrogens with zero attached hydrogens (tertiary/aromatic N) is 3. The Morgan fingerprint density at radius 1 is 0.732 bits per heavy atom. The molecule has 0 saturated carbocycles. The number of fused-ring (bicyclic) bond motifs is 2. The van der Waals surface area contributed by atoms with Gasteiger partial charge in [0.2, 0.25) is 11.8 Å². The van der Waals surface area contributed by atoms with E-state index in [-0.39, 0.29) is 54.8 Å². The largest absolute Gasteiger partial charge is 0.484 e. The van der Waals surface area contributed by atoms with Crippen molar-refractivity contribution in [3.05, 3.63) is 113 Å². The third kappa shape index (κ3) is 16.3. The lowest BCUT2D eigenvalue weighted by molar-refractivity contribution is -0.133. The molecule has 0 aromatic heterocycles. The van der Waals surface area contributed by atoms with Gasteiger partial charge in [-0.2, -0.15) is 5.26 Å². The Balaban J connectivity index is 0.745. The van der Waals surface area contributed by atoms with E-state index in [0.29, 0.717) is 103 Å². The van der Waals surface area contributed by atoms with Crippen LogP contribution in [-0.4, -0.2) is 127 Å². The van der Waals surface area contributed by atoms with Crippen LogP contribution >= 0.6 is 0 Å². The van der Waals surface area contributed by atoms with Crippen LogP contribution in [0, 0.1) is 18.3 Å². The van der Waals surface area contributed by atoms with Gasteiger partial charge in [0, 0.05) is 49.5 Å². The summed E-state index contributed by atoms with van der Waals surface area (Å²) in [7, 11) is 0. The molecule has 4 aromatic rings. The van der Waals surface area contributed by atoms with E-state index < -0.39 is 0 Å². The molecule has 1 unspecified atom stereocenters. The summed E-state index contributed by atoms with van der Waals surface area (Å²) in [6, 6.07) is 29.8. The third-order valence-corrected chi connectivity index (χ3v) is 12.4. The molecule has 4 amide bonds. The molecule has 71 heavy (non-hydrogen) atoms. The summed E-state index contributed by atoms with van der Waals surface area (Å²) in [5.74, 6) is 0.0487. The monoisotopic (exact) mass is 975 g/mol. The Morgan fingerprint density at radius 3 is 1.97 bits per heavy atom. The number of rotatable bonds is 28. The molecule has 0 saturated heterocycles. The van der Waals surface area contributed by atoms with Crippen molar-refractivity contribution in [3.8, 4) is 22.9 Å². The molecule has 16 nitrogen and oxygen atoms in total. The number of amides is 4. The Morgan fingerprint density at radius 2 is 1.35 bits per heavy atom. The van der Waals surface area contributed by atoms with E-state index in [1.54, 1.807) is 6.92 Å². The molecule has 380 valence electrons. The molecule has 2 heterocycles. The summed E-state index contributed by atoms with van der Waals surface area (Å²) in [4.78, 5) is 54.1. The first kappa shape index (κ1) is 54.0. The molecule has 3 atom stereocenters. The average Bonchev–Trinajstić information content (AvgIpc) is 3.37. The summed E-state index contributed by atoms with van der Waals surface area (Å²) in [6.45, 7) is 12.9. The predicted molar refractivity (Wildman–Crippen MR) is 271 cm³/mol. The average molecular weight is 975 g/mol. The van der Waals surface area contributed by atoms with Gasteiger partial charge in [0.25, 0.3) is 11.8 Å². The first-order valence-electron chi connectivity index (χ1n) is 24.8. The molecule has 16 heteroatoms. The van der Waals surface area contributed by atoms with E-state index in [2.05, 4.69) is 67.1 Å². The third-order valence-electron chi connectivity index (χ3n) is 12.4. The number of carbonyl (C=O) groups is 4. The SMILES string of the molecule is CCCC1c2ccc(OCC(=O)NCCOCCOCCOCCOCCOCCNC(=O)c3ccc(-c4ccc5c(c4)[C@H](Nc4ccc(C)cc4)C[C@H](C)N5C(C)=O)cc3)cc2CCN1C(=O)CC#N. The van der Waals surface area contributed by atoms with E-state index in [1.165, 1.54) is 5.56 Å². The van der Waals surface area contributed by atoms with Gasteiger partial charge in [-0.3, -0.25) is 19.2 Å². The molecule has 0 spiro atoms. The predicted octanol–water partition coefficient (Wildman–Crippen LogP) is 7.11. The van der Waals surface area contributed by atoms with Crippen molar-refractivity contribution in [3.63, 3.8) is 0 Å². The minimum absolute atomic E-state index is 0.0209. The van der Waals surface area contributed by atoms with E-state index in [9.17, 15) is 19.2 Å². The molecule has 0 radical (unpaired) electrons. The quantitative estimate of drug-likeness (QED) is 0.0490. The van der Waals surface area contributed by atoms with Gasteiger partial charge in [-0.15, -0.1) is 0 Å². The minimum Gasteiger partial charge on any atom is -0.484 e. The van der Waals surface area contributed by atoms with Crippen LogP contribution in [0.25, 0.3) is 11.1 Å². The standard InChI is InChI=1S/C55H70N6O10/c1-5-6-51-48-17-16-47(36-45(48)20-24-60(51)54(64)19-21-56)71-38-53(63)57-22-25-66-27-29-68-31-33-70-34-32-69-30-28-67-26-23-58-55(65)43-11-9-42(10-12-43)44-13-18-52-49(37-44)50(35-40(3)61(52)41(4)62)59-46-14-7-39(2)8-15-46/h7-18,36-37,40,50-51,59H,5-6,19-20,22-35,38H2,1-4H3,(H,57,63)(H,58,65)/t40-,50+,51?/m0/s1. The van der Waals surface area contributed by atoms with Gasteiger partial charge in [0.1, 0.15) is 12.2 Å². The fraction of sp³-hybridized carbons (Fsp3) is 0.473. The van der Waals surface area contributed by atoms with Crippen LogP contribution in [-0.2, 0) is 44.5 Å². The fourth-order valence-corrected chi connectivity index (χ4v) is 8.94. The summed E-state index contributed by atoms with van der Waals surface area (Å²) >= 11 is 0. The normalized spacial score (nSPS) is 16.1. The summed E-state index contributed by atoms with van der Waals surface area (Å²) in [5.41, 5.74) is 8.92. The first-order chi connectivity index (χ1) is 34.6. The number of carbonyl (C=O) groups excluding carboxylic acids is 4. The topological polar surface area (TPSA) is 190 Å². The summed E-state index contributed by atoms with van der Waals surface area (Å²) < 4.78 is 33.6. The second kappa shape index (κ2) is 28.5. The lowest BCUT2D eigenvalue weighted by Gasteiger charge is -2.39.